The Bertz CT molecular complexity index is 152. The Labute approximate surface area is 71.7 Å². The molecule has 0 aromatic rings. The topological polar surface area (TPSA) is 98.6 Å². The zero-order valence-corrected chi connectivity index (χ0v) is 7.25. The summed E-state index contributed by atoms with van der Waals surface area (Å²) >= 11 is 0. The van der Waals surface area contributed by atoms with Gasteiger partial charge in [0.1, 0.15) is 5.54 Å². The summed E-state index contributed by atoms with van der Waals surface area (Å²) in [4.78, 5) is 11.0. The van der Waals surface area contributed by atoms with Crippen LogP contribution in [0.25, 0.3) is 0 Å². The predicted molar refractivity (Wildman–Crippen MR) is 44.3 cm³/mol. The molecular weight excluding hydrogens is 160 g/mol. The van der Waals surface area contributed by atoms with Crippen molar-refractivity contribution in [2.75, 3.05) is 20.3 Å². The van der Waals surface area contributed by atoms with Gasteiger partial charge in [-0.1, -0.05) is 0 Å². The van der Waals surface area contributed by atoms with Gasteiger partial charge in [-0.05, 0) is 19.4 Å². The molecule has 72 valence electrons. The zero-order chi connectivity index (χ0) is 9.61. The summed E-state index contributed by atoms with van der Waals surface area (Å²) in [6, 6.07) is 0. The second-order valence-electron chi connectivity index (χ2n) is 2.70. The number of carbonyl (C=O) groups is 1. The van der Waals surface area contributed by atoms with Crippen LogP contribution in [0, 0.1) is 0 Å². The molecule has 0 fully saturated rings. The van der Waals surface area contributed by atoms with Gasteiger partial charge in [0, 0.05) is 0 Å². The molecule has 0 rings (SSSR count). The van der Waals surface area contributed by atoms with Gasteiger partial charge in [0.25, 0.3) is 0 Å². The summed E-state index contributed by atoms with van der Waals surface area (Å²) in [6.45, 7) is 0.0234. The lowest BCUT2D eigenvalue weighted by Crippen LogP contribution is -2.52. The molecular formula is C7H16N2O3. The normalized spacial score (nSPS) is 15.3. The van der Waals surface area contributed by atoms with E-state index in [9.17, 15) is 4.79 Å². The van der Waals surface area contributed by atoms with Crippen LogP contribution < -0.4 is 11.5 Å². The Morgan fingerprint density at radius 3 is 2.58 bits per heavy atom. The van der Waals surface area contributed by atoms with Gasteiger partial charge < -0.3 is 21.3 Å². The van der Waals surface area contributed by atoms with Gasteiger partial charge >= 0.3 is 5.97 Å². The molecule has 5 heteroatoms. The van der Waals surface area contributed by atoms with Crippen LogP contribution in [-0.2, 0) is 9.53 Å². The van der Waals surface area contributed by atoms with E-state index >= 15 is 0 Å². The first kappa shape index (κ1) is 11.4. The highest BCUT2D eigenvalue weighted by Crippen LogP contribution is 2.10. The van der Waals surface area contributed by atoms with E-state index in [1.165, 1.54) is 7.11 Å². The maximum absolute atomic E-state index is 11.0. The number of aliphatic hydroxyl groups is 1. The molecule has 0 aromatic carbocycles. The van der Waals surface area contributed by atoms with Gasteiger partial charge in [-0.25, -0.2) is 4.79 Å². The first-order valence-electron chi connectivity index (χ1n) is 3.79. The van der Waals surface area contributed by atoms with Crippen molar-refractivity contribution >= 4 is 5.97 Å². The molecule has 0 bridgehead atoms. The molecule has 5 nitrogen and oxygen atoms in total. The van der Waals surface area contributed by atoms with Gasteiger partial charge in [0.05, 0.1) is 13.7 Å². The first-order chi connectivity index (χ1) is 5.60. The van der Waals surface area contributed by atoms with Crippen molar-refractivity contribution in [3.05, 3.63) is 0 Å². The molecule has 1 atom stereocenters. The Balaban J connectivity index is 4.13. The lowest BCUT2D eigenvalue weighted by molar-refractivity contribution is -0.149. The van der Waals surface area contributed by atoms with Crippen molar-refractivity contribution in [1.29, 1.82) is 0 Å². The molecule has 0 aliphatic heterocycles. The number of hydrogen-bond donors (Lipinski definition) is 3. The number of methoxy groups -OCH3 is 1. The third-order valence-electron chi connectivity index (χ3n) is 1.70. The van der Waals surface area contributed by atoms with E-state index in [4.69, 9.17) is 16.6 Å². The molecule has 12 heavy (non-hydrogen) atoms. The second-order valence-corrected chi connectivity index (χ2v) is 2.70. The molecule has 1 unspecified atom stereocenters. The highest BCUT2D eigenvalue weighted by molar-refractivity contribution is 5.80. The van der Waals surface area contributed by atoms with Crippen LogP contribution in [0.5, 0.6) is 0 Å². The van der Waals surface area contributed by atoms with Crippen LogP contribution in [0.3, 0.4) is 0 Å². The summed E-state index contributed by atoms with van der Waals surface area (Å²) in [6.07, 6.45) is 0.929. The van der Waals surface area contributed by atoms with Crippen molar-refractivity contribution < 1.29 is 14.6 Å². The molecule has 0 amide bonds. The van der Waals surface area contributed by atoms with Crippen LogP contribution in [0.1, 0.15) is 12.8 Å². The van der Waals surface area contributed by atoms with E-state index in [1.54, 1.807) is 0 Å². The highest BCUT2D eigenvalue weighted by atomic mass is 16.5. The fourth-order valence-corrected chi connectivity index (χ4v) is 0.866. The van der Waals surface area contributed by atoms with Crippen LogP contribution in [0.2, 0.25) is 0 Å². The Morgan fingerprint density at radius 2 is 2.25 bits per heavy atom. The lowest BCUT2D eigenvalue weighted by atomic mass is 9.96. The molecule has 0 saturated heterocycles. The molecule has 0 spiro atoms. The van der Waals surface area contributed by atoms with Crippen LogP contribution in [0.4, 0.5) is 0 Å². The molecule has 0 aliphatic carbocycles. The molecule has 0 aromatic heterocycles. The average molecular weight is 176 g/mol. The van der Waals surface area contributed by atoms with Gasteiger partial charge in [-0.2, -0.15) is 0 Å². The Morgan fingerprint density at radius 1 is 1.67 bits per heavy atom. The SMILES string of the molecule is COC(=O)C(N)(CO)CCCN. The van der Waals surface area contributed by atoms with Crippen molar-refractivity contribution in [2.24, 2.45) is 11.5 Å². The van der Waals surface area contributed by atoms with E-state index in [1.807, 2.05) is 0 Å². The quantitative estimate of drug-likeness (QED) is 0.447. The summed E-state index contributed by atoms with van der Waals surface area (Å²) in [7, 11) is 1.24. The van der Waals surface area contributed by atoms with Crippen molar-refractivity contribution in [3.8, 4) is 0 Å². The molecule has 0 saturated carbocycles. The lowest BCUT2D eigenvalue weighted by Gasteiger charge is -2.23. The fourth-order valence-electron chi connectivity index (χ4n) is 0.866. The van der Waals surface area contributed by atoms with E-state index in [2.05, 4.69) is 4.74 Å². The van der Waals surface area contributed by atoms with E-state index < -0.39 is 18.1 Å². The summed E-state index contributed by atoms with van der Waals surface area (Å²) in [5.74, 6) is -0.599. The third-order valence-corrected chi connectivity index (χ3v) is 1.70. The standard InChI is InChI=1S/C7H16N2O3/c1-12-6(11)7(9,5-10)3-2-4-8/h10H,2-5,8-9H2,1H3. The average Bonchev–Trinajstić information content (AvgIpc) is 2.12. The molecule has 0 radical (unpaired) electrons. The van der Waals surface area contributed by atoms with Crippen LogP contribution in [-0.4, -0.2) is 36.9 Å². The number of rotatable bonds is 5. The number of hydrogen-bond acceptors (Lipinski definition) is 5. The van der Waals surface area contributed by atoms with Gasteiger partial charge in [0.2, 0.25) is 0 Å². The minimum atomic E-state index is -1.28. The zero-order valence-electron chi connectivity index (χ0n) is 7.25. The predicted octanol–water partition coefficient (Wildman–Crippen LogP) is -1.41. The fraction of sp³-hybridized carbons (Fsp3) is 0.857. The number of carbonyl (C=O) groups excluding carboxylic acids is 1. The number of aliphatic hydroxyl groups excluding tert-OH is 1. The number of nitrogens with two attached hydrogens (primary N) is 2. The minimum Gasteiger partial charge on any atom is -0.468 e. The van der Waals surface area contributed by atoms with Gasteiger partial charge in [-0.3, -0.25) is 0 Å². The van der Waals surface area contributed by atoms with E-state index in [0.717, 1.165) is 0 Å². The summed E-state index contributed by atoms with van der Waals surface area (Å²) < 4.78 is 4.44. The van der Waals surface area contributed by atoms with E-state index in [0.29, 0.717) is 19.4 Å². The summed E-state index contributed by atoms with van der Waals surface area (Å²) in [5, 5.41) is 8.85. The largest absolute Gasteiger partial charge is 0.468 e. The molecule has 0 heterocycles. The minimum absolute atomic E-state index is 0.340. The third kappa shape index (κ3) is 2.77. The Kier molecular flexibility index (Phi) is 4.80. The first-order valence-corrected chi connectivity index (χ1v) is 3.79. The highest BCUT2D eigenvalue weighted by Gasteiger charge is 2.33. The van der Waals surface area contributed by atoms with Crippen molar-refractivity contribution in [3.63, 3.8) is 0 Å². The molecule has 0 aliphatic rings. The van der Waals surface area contributed by atoms with Crippen LogP contribution >= 0.6 is 0 Å². The smallest absolute Gasteiger partial charge is 0.328 e. The summed E-state index contributed by atoms with van der Waals surface area (Å²) in [5.41, 5.74) is 9.52. The van der Waals surface area contributed by atoms with Gasteiger partial charge in [0.15, 0.2) is 0 Å². The molecule has 5 N–H and O–H groups in total. The number of esters is 1. The monoisotopic (exact) mass is 176 g/mol. The maximum Gasteiger partial charge on any atom is 0.328 e. The van der Waals surface area contributed by atoms with Gasteiger partial charge in [-0.15, -0.1) is 0 Å². The number of ether oxygens (including phenoxy) is 1. The maximum atomic E-state index is 11.0. The van der Waals surface area contributed by atoms with E-state index in [-0.39, 0.29) is 0 Å². The van der Waals surface area contributed by atoms with Crippen molar-refractivity contribution in [2.45, 2.75) is 18.4 Å². The van der Waals surface area contributed by atoms with Crippen molar-refractivity contribution in [1.82, 2.24) is 0 Å². The second kappa shape index (κ2) is 5.08. The Hall–Kier alpha value is -0.650. The van der Waals surface area contributed by atoms with Crippen LogP contribution in [0.15, 0.2) is 0 Å².